The maximum atomic E-state index is 14.7. The first kappa shape index (κ1) is 21.1. The van der Waals surface area contributed by atoms with Crippen molar-refractivity contribution < 1.29 is 13.9 Å². The number of H-pyrrole nitrogens is 1. The van der Waals surface area contributed by atoms with Crippen LogP contribution in [-0.2, 0) is 16.1 Å². The maximum absolute atomic E-state index is 14.7. The summed E-state index contributed by atoms with van der Waals surface area (Å²) in [5.74, 6) is 6.40. The number of rotatable bonds is 3. The third-order valence-electron chi connectivity index (χ3n) is 7.02. The summed E-state index contributed by atoms with van der Waals surface area (Å²) in [7, 11) is 1.54. The van der Waals surface area contributed by atoms with Crippen LogP contribution in [0.5, 0.6) is 0 Å². The van der Waals surface area contributed by atoms with E-state index in [0.717, 1.165) is 62.5 Å². The molecule has 5 heterocycles. The average molecular weight is 461 g/mol. The second-order valence-electron chi connectivity index (χ2n) is 9.08. The number of imidazole rings is 1. The van der Waals surface area contributed by atoms with E-state index in [1.165, 1.54) is 7.11 Å². The zero-order valence-electron chi connectivity index (χ0n) is 19.0. The minimum absolute atomic E-state index is 0.193. The van der Waals surface area contributed by atoms with Gasteiger partial charge in [0, 0.05) is 44.8 Å². The summed E-state index contributed by atoms with van der Waals surface area (Å²) in [4.78, 5) is 11.8. The van der Waals surface area contributed by atoms with Gasteiger partial charge in [-0.1, -0.05) is 18.1 Å². The monoisotopic (exact) mass is 460 g/mol. The first-order valence-corrected chi connectivity index (χ1v) is 11.5. The smallest absolute Gasteiger partial charge is 0.213 e. The van der Waals surface area contributed by atoms with Crippen LogP contribution in [-0.4, -0.2) is 58.0 Å². The number of aromatic amines is 1. The largest absolute Gasteiger partial charge is 0.381 e. The summed E-state index contributed by atoms with van der Waals surface area (Å²) in [6, 6.07) is 5.11. The van der Waals surface area contributed by atoms with Crippen molar-refractivity contribution in [2.75, 3.05) is 38.3 Å². The Hall–Kier alpha value is -3.48. The molecule has 0 bridgehead atoms. The van der Waals surface area contributed by atoms with Crippen LogP contribution in [0.4, 0.5) is 10.3 Å². The van der Waals surface area contributed by atoms with Gasteiger partial charge in [0.25, 0.3) is 0 Å². The second kappa shape index (κ2) is 8.38. The van der Waals surface area contributed by atoms with E-state index in [-0.39, 0.29) is 12.4 Å². The molecule has 1 aromatic carbocycles. The van der Waals surface area contributed by atoms with Crippen LogP contribution >= 0.6 is 0 Å². The summed E-state index contributed by atoms with van der Waals surface area (Å²) < 4.78 is 27.5. The lowest BCUT2D eigenvalue weighted by molar-refractivity contribution is 0.133. The Kier molecular flexibility index (Phi) is 5.20. The van der Waals surface area contributed by atoms with Crippen molar-refractivity contribution >= 4 is 22.6 Å². The van der Waals surface area contributed by atoms with Gasteiger partial charge in [-0.05, 0) is 36.7 Å². The molecule has 9 heteroatoms. The second-order valence-corrected chi connectivity index (χ2v) is 9.08. The van der Waals surface area contributed by atoms with Gasteiger partial charge in [-0.3, -0.25) is 9.50 Å². The predicted molar refractivity (Wildman–Crippen MR) is 125 cm³/mol. The molecule has 2 aliphatic heterocycles. The van der Waals surface area contributed by atoms with Crippen LogP contribution < -0.4 is 4.90 Å². The molecular weight excluding hydrogens is 435 g/mol. The van der Waals surface area contributed by atoms with Crippen LogP contribution in [0.15, 0.2) is 30.6 Å². The lowest BCUT2D eigenvalue weighted by Crippen LogP contribution is -2.41. The molecule has 174 valence electrons. The molecule has 0 aliphatic carbocycles. The van der Waals surface area contributed by atoms with Crippen LogP contribution in [0.2, 0.25) is 0 Å². The van der Waals surface area contributed by atoms with E-state index in [4.69, 9.17) is 14.5 Å². The van der Waals surface area contributed by atoms with Gasteiger partial charge in [-0.15, -0.1) is 0 Å². The lowest BCUT2D eigenvalue weighted by Gasteiger charge is -2.38. The number of nitrogens with zero attached hydrogens (tertiary/aromatic N) is 5. The minimum Gasteiger partial charge on any atom is -0.381 e. The van der Waals surface area contributed by atoms with Crippen molar-refractivity contribution in [3.05, 3.63) is 53.2 Å². The molecular formula is C25H25FN6O2. The molecule has 6 rings (SSSR count). The van der Waals surface area contributed by atoms with Crippen molar-refractivity contribution in [1.29, 1.82) is 0 Å². The normalized spacial score (nSPS) is 17.5. The Morgan fingerprint density at radius 3 is 2.91 bits per heavy atom. The molecule has 8 nitrogen and oxygen atoms in total. The Balaban J connectivity index is 1.36. The van der Waals surface area contributed by atoms with Gasteiger partial charge >= 0.3 is 0 Å². The van der Waals surface area contributed by atoms with Gasteiger partial charge in [-0.2, -0.15) is 10.1 Å². The highest BCUT2D eigenvalue weighted by Crippen LogP contribution is 2.40. The fraction of sp³-hybridized carbons (Fsp3) is 0.400. The van der Waals surface area contributed by atoms with Crippen molar-refractivity contribution in [3.63, 3.8) is 0 Å². The first-order chi connectivity index (χ1) is 16.7. The van der Waals surface area contributed by atoms with Crippen molar-refractivity contribution in [3.8, 4) is 11.8 Å². The molecule has 2 aliphatic rings. The van der Waals surface area contributed by atoms with Gasteiger partial charge in [0.2, 0.25) is 5.95 Å². The SMILES string of the molecule is COCc1cccc(C#Cc2n[nH]c3nc(N4CCC5(CCOC5)CC4)n4ccnc4c23)c1F. The fourth-order valence-electron chi connectivity index (χ4n) is 5.04. The Labute approximate surface area is 196 Å². The quantitative estimate of drug-likeness (QED) is 0.473. The summed E-state index contributed by atoms with van der Waals surface area (Å²) in [6.45, 7) is 3.78. The molecule has 4 aromatic rings. The third kappa shape index (κ3) is 3.50. The standard InChI is InChI=1S/C25H25FN6O2/c1-33-15-18-4-2-3-17(21(18)26)5-6-19-20-22(30-29-19)28-24(32-13-10-27-23(20)32)31-11-7-25(8-12-31)9-14-34-16-25/h2-4,10,13H,7-9,11-12,14-16H2,1H3,(H,29,30). The Bertz CT molecular complexity index is 1420. The summed E-state index contributed by atoms with van der Waals surface area (Å²) in [6.07, 6.45) is 7.00. The summed E-state index contributed by atoms with van der Waals surface area (Å²) in [5, 5.41) is 8.11. The van der Waals surface area contributed by atoms with Gasteiger partial charge < -0.3 is 14.4 Å². The molecule has 0 unspecified atom stereocenters. The fourth-order valence-corrected chi connectivity index (χ4v) is 5.04. The van der Waals surface area contributed by atoms with E-state index in [1.807, 2.05) is 10.6 Å². The number of benzene rings is 1. The zero-order valence-corrected chi connectivity index (χ0v) is 19.0. The van der Waals surface area contributed by atoms with Gasteiger partial charge in [0.15, 0.2) is 11.3 Å². The minimum atomic E-state index is -0.376. The first-order valence-electron chi connectivity index (χ1n) is 11.5. The number of ether oxygens (including phenoxy) is 2. The highest BCUT2D eigenvalue weighted by Gasteiger charge is 2.38. The topological polar surface area (TPSA) is 80.6 Å². The summed E-state index contributed by atoms with van der Waals surface area (Å²) in [5.41, 5.74) is 2.93. The van der Waals surface area contributed by atoms with Crippen molar-refractivity contribution in [2.24, 2.45) is 5.41 Å². The van der Waals surface area contributed by atoms with E-state index in [2.05, 4.69) is 31.9 Å². The maximum Gasteiger partial charge on any atom is 0.213 e. The highest BCUT2D eigenvalue weighted by molar-refractivity contribution is 5.94. The predicted octanol–water partition coefficient (Wildman–Crippen LogP) is 3.30. The van der Waals surface area contributed by atoms with Crippen LogP contribution in [0.25, 0.3) is 16.7 Å². The molecule has 3 aromatic heterocycles. The molecule has 34 heavy (non-hydrogen) atoms. The number of hydrogen-bond donors (Lipinski definition) is 1. The molecule has 2 saturated heterocycles. The number of aromatic nitrogens is 5. The molecule has 0 saturated carbocycles. The number of nitrogens with one attached hydrogen (secondary N) is 1. The van der Waals surface area contributed by atoms with Crippen LogP contribution in [0.1, 0.15) is 36.1 Å². The van der Waals surface area contributed by atoms with E-state index in [9.17, 15) is 4.39 Å². The third-order valence-corrected chi connectivity index (χ3v) is 7.02. The number of halogens is 1. The average Bonchev–Trinajstić information content (AvgIpc) is 3.60. The van der Waals surface area contributed by atoms with E-state index >= 15 is 0 Å². The Morgan fingerprint density at radius 1 is 1.24 bits per heavy atom. The van der Waals surface area contributed by atoms with Crippen LogP contribution in [0, 0.1) is 23.1 Å². The van der Waals surface area contributed by atoms with E-state index in [0.29, 0.717) is 27.9 Å². The van der Waals surface area contributed by atoms with Gasteiger partial charge in [-0.25, -0.2) is 9.37 Å². The number of hydrogen-bond acceptors (Lipinski definition) is 6. The molecule has 2 fully saturated rings. The van der Waals surface area contributed by atoms with Gasteiger partial charge in [0.1, 0.15) is 11.5 Å². The molecule has 0 atom stereocenters. The molecule has 1 spiro atoms. The van der Waals surface area contributed by atoms with Crippen LogP contribution in [0.3, 0.4) is 0 Å². The van der Waals surface area contributed by atoms with Gasteiger partial charge in [0.05, 0.1) is 24.2 Å². The number of fused-ring (bicyclic) bond motifs is 3. The molecule has 1 N–H and O–H groups in total. The molecule has 0 amide bonds. The Morgan fingerprint density at radius 2 is 2.12 bits per heavy atom. The lowest BCUT2D eigenvalue weighted by atomic mass is 9.78. The highest BCUT2D eigenvalue weighted by atomic mass is 19.1. The molecule has 0 radical (unpaired) electrons. The van der Waals surface area contributed by atoms with E-state index in [1.54, 1.807) is 24.4 Å². The van der Waals surface area contributed by atoms with E-state index < -0.39 is 0 Å². The number of piperidine rings is 1. The zero-order chi connectivity index (χ0) is 23.1. The van der Waals surface area contributed by atoms with Crippen molar-refractivity contribution in [1.82, 2.24) is 24.6 Å². The van der Waals surface area contributed by atoms with Crippen molar-refractivity contribution in [2.45, 2.75) is 25.9 Å². The number of methoxy groups -OCH3 is 1. The summed E-state index contributed by atoms with van der Waals surface area (Å²) >= 11 is 0. The number of anilines is 1.